The van der Waals surface area contributed by atoms with Crippen LogP contribution in [0, 0.1) is 0 Å². The van der Waals surface area contributed by atoms with Crippen LogP contribution >= 0.6 is 11.8 Å². The molecule has 1 amide bonds. The fraction of sp³-hybridized carbons (Fsp3) is 0.500. The molecule has 0 saturated carbocycles. The molecule has 0 N–H and O–H groups in total. The summed E-state index contributed by atoms with van der Waals surface area (Å²) < 4.78 is 10.8. The quantitative estimate of drug-likeness (QED) is 0.462. The molecule has 3 rings (SSSR count). The second-order valence-corrected chi connectivity index (χ2v) is 8.31. The van der Waals surface area contributed by atoms with Crippen LogP contribution in [0.1, 0.15) is 58.1 Å². The summed E-state index contributed by atoms with van der Waals surface area (Å²) in [7, 11) is 1.35. The molecule has 6 nitrogen and oxygen atoms in total. The van der Waals surface area contributed by atoms with Crippen LogP contribution in [0.15, 0.2) is 40.5 Å². The van der Waals surface area contributed by atoms with Crippen molar-refractivity contribution >= 4 is 28.8 Å². The lowest BCUT2D eigenvalue weighted by Gasteiger charge is -2.32. The first kappa shape index (κ1) is 21.4. The van der Waals surface area contributed by atoms with E-state index in [1.165, 1.54) is 18.9 Å². The van der Waals surface area contributed by atoms with Crippen molar-refractivity contribution < 1.29 is 19.1 Å². The number of benzene rings is 1. The normalized spacial score (nSPS) is 21.2. The molecule has 7 heteroatoms. The molecule has 1 fully saturated rings. The zero-order chi connectivity index (χ0) is 21.0. The molecule has 156 valence electrons. The minimum atomic E-state index is -0.541. The van der Waals surface area contributed by atoms with Gasteiger partial charge in [0.05, 0.1) is 36.3 Å². The Kier molecular flexibility index (Phi) is 7.00. The van der Waals surface area contributed by atoms with E-state index in [2.05, 4.69) is 11.9 Å². The van der Waals surface area contributed by atoms with Crippen LogP contribution in [0.4, 0.5) is 0 Å². The molecule has 1 saturated heterocycles. The maximum absolute atomic E-state index is 13.0. The average Bonchev–Trinajstić information content (AvgIpc) is 3.05. The highest BCUT2D eigenvalue weighted by atomic mass is 32.2. The number of methoxy groups -OCH3 is 1. The molecular formula is C22H28N2O4S. The van der Waals surface area contributed by atoms with Gasteiger partial charge in [0.1, 0.15) is 5.75 Å². The third-order valence-corrected chi connectivity index (χ3v) is 6.46. The molecule has 2 aliphatic heterocycles. The lowest BCUT2D eigenvalue weighted by Crippen LogP contribution is -2.40. The van der Waals surface area contributed by atoms with Gasteiger partial charge in [-0.1, -0.05) is 50.6 Å². The Morgan fingerprint density at radius 2 is 1.93 bits per heavy atom. The van der Waals surface area contributed by atoms with Gasteiger partial charge in [-0.25, -0.2) is 9.79 Å². The Morgan fingerprint density at radius 3 is 2.55 bits per heavy atom. The van der Waals surface area contributed by atoms with Crippen molar-refractivity contribution in [3.05, 3.63) is 41.1 Å². The number of hydrogen-bond donors (Lipinski definition) is 0. The summed E-state index contributed by atoms with van der Waals surface area (Å²) >= 11 is 1.46. The Morgan fingerprint density at radius 1 is 1.21 bits per heavy atom. The number of rotatable bonds is 8. The number of unbranched alkanes of at least 4 members (excludes halogenated alkanes) is 2. The maximum Gasteiger partial charge on any atom is 0.338 e. The van der Waals surface area contributed by atoms with Crippen molar-refractivity contribution in [1.82, 2.24) is 4.90 Å². The number of nitrogens with zero attached hydrogens (tertiary/aromatic N) is 2. The summed E-state index contributed by atoms with van der Waals surface area (Å²) in [6.45, 7) is 6.61. The second-order valence-electron chi connectivity index (χ2n) is 7.14. The summed E-state index contributed by atoms with van der Waals surface area (Å²) in [6, 6.07) is 7.07. The van der Waals surface area contributed by atoms with Gasteiger partial charge in [-0.15, -0.1) is 0 Å². The molecule has 2 aliphatic rings. The third-order valence-electron chi connectivity index (χ3n) is 5.14. The zero-order valence-electron chi connectivity index (χ0n) is 17.4. The fourth-order valence-corrected chi connectivity index (χ4v) is 4.70. The van der Waals surface area contributed by atoms with E-state index in [9.17, 15) is 9.59 Å². The van der Waals surface area contributed by atoms with E-state index in [0.29, 0.717) is 29.5 Å². The number of carbonyl (C=O) groups excluding carboxylic acids is 2. The molecule has 1 aromatic rings. The van der Waals surface area contributed by atoms with Crippen molar-refractivity contribution in [2.45, 2.75) is 57.7 Å². The topological polar surface area (TPSA) is 68.2 Å². The van der Waals surface area contributed by atoms with Gasteiger partial charge in [0.25, 0.3) is 0 Å². The van der Waals surface area contributed by atoms with Gasteiger partial charge < -0.3 is 9.47 Å². The number of thioether (sulfide) groups is 1. The number of ether oxygens (including phenoxy) is 2. The van der Waals surface area contributed by atoms with E-state index in [1.54, 1.807) is 11.8 Å². The van der Waals surface area contributed by atoms with Crippen LogP contribution < -0.4 is 4.74 Å². The Hall–Kier alpha value is -2.28. The molecule has 2 heterocycles. The van der Waals surface area contributed by atoms with Crippen molar-refractivity contribution in [2.24, 2.45) is 4.99 Å². The van der Waals surface area contributed by atoms with Crippen LogP contribution in [0.25, 0.3) is 0 Å². The van der Waals surface area contributed by atoms with Crippen molar-refractivity contribution in [3.8, 4) is 5.75 Å². The van der Waals surface area contributed by atoms with E-state index in [-0.39, 0.29) is 11.2 Å². The first-order valence-corrected chi connectivity index (χ1v) is 11.0. The maximum atomic E-state index is 13.0. The van der Waals surface area contributed by atoms with Gasteiger partial charge in [0.15, 0.2) is 5.17 Å². The number of esters is 1. The highest BCUT2D eigenvalue weighted by Gasteiger charge is 2.47. The monoisotopic (exact) mass is 416 g/mol. The van der Waals surface area contributed by atoms with E-state index in [1.807, 2.05) is 31.2 Å². The van der Waals surface area contributed by atoms with Gasteiger partial charge in [-0.3, -0.25) is 9.69 Å². The SMILES string of the molecule is CCCCCOc1ccc(C2C(C(=O)OC)=C(C)N=C3SC(CC)C(=O)N32)cc1. The summed E-state index contributed by atoms with van der Waals surface area (Å²) in [4.78, 5) is 31.8. The van der Waals surface area contributed by atoms with Crippen molar-refractivity contribution in [3.63, 3.8) is 0 Å². The first-order chi connectivity index (χ1) is 14.0. The van der Waals surface area contributed by atoms with Crippen molar-refractivity contribution in [1.29, 1.82) is 0 Å². The highest BCUT2D eigenvalue weighted by Crippen LogP contribution is 2.44. The van der Waals surface area contributed by atoms with Crippen LogP contribution in [-0.4, -0.2) is 40.9 Å². The van der Waals surface area contributed by atoms with Crippen molar-refractivity contribution in [2.75, 3.05) is 13.7 Å². The number of aliphatic imine (C=N–C) groups is 1. The summed E-state index contributed by atoms with van der Waals surface area (Å²) in [5.41, 5.74) is 1.83. The molecule has 2 unspecified atom stereocenters. The molecule has 0 bridgehead atoms. The molecule has 29 heavy (non-hydrogen) atoms. The molecule has 1 aromatic carbocycles. The number of carbonyl (C=O) groups is 2. The van der Waals surface area contributed by atoms with Crippen LogP contribution in [0.5, 0.6) is 5.75 Å². The minimum Gasteiger partial charge on any atom is -0.494 e. The summed E-state index contributed by atoms with van der Waals surface area (Å²) in [5, 5.41) is 0.471. The Balaban J connectivity index is 1.92. The van der Waals surface area contributed by atoms with Gasteiger partial charge in [0, 0.05) is 0 Å². The second kappa shape index (κ2) is 9.48. The number of fused-ring (bicyclic) bond motifs is 1. The van der Waals surface area contributed by atoms with Gasteiger partial charge in [0.2, 0.25) is 5.91 Å². The first-order valence-electron chi connectivity index (χ1n) is 10.1. The van der Waals surface area contributed by atoms with Crippen LogP contribution in [0.2, 0.25) is 0 Å². The minimum absolute atomic E-state index is 0.0185. The lowest BCUT2D eigenvalue weighted by atomic mass is 9.94. The molecule has 0 aliphatic carbocycles. The van der Waals surface area contributed by atoms with E-state index in [4.69, 9.17) is 9.47 Å². The molecular weight excluding hydrogens is 388 g/mol. The number of allylic oxidation sites excluding steroid dienone is 1. The fourth-order valence-electron chi connectivity index (χ4n) is 3.56. The Bertz CT molecular complexity index is 832. The standard InChI is InChI=1S/C22H28N2O4S/c1-5-7-8-13-28-16-11-9-15(10-12-16)19-18(21(26)27-4)14(3)23-22-24(19)20(25)17(6-2)29-22/h9-12,17,19H,5-8,13H2,1-4H3. The van der Waals surface area contributed by atoms with E-state index >= 15 is 0 Å². The lowest BCUT2D eigenvalue weighted by molar-refractivity contribution is -0.137. The van der Waals surface area contributed by atoms with Crippen LogP contribution in [0.3, 0.4) is 0 Å². The Labute approximate surface area is 176 Å². The molecule has 0 aromatic heterocycles. The number of hydrogen-bond acceptors (Lipinski definition) is 6. The predicted molar refractivity (Wildman–Crippen MR) is 115 cm³/mol. The molecule has 2 atom stereocenters. The van der Waals surface area contributed by atoms with Gasteiger partial charge in [-0.05, 0) is 37.5 Å². The van der Waals surface area contributed by atoms with Gasteiger partial charge >= 0.3 is 5.97 Å². The van der Waals surface area contributed by atoms with Gasteiger partial charge in [-0.2, -0.15) is 0 Å². The third kappa shape index (κ3) is 4.34. The number of amidine groups is 1. The predicted octanol–water partition coefficient (Wildman–Crippen LogP) is 4.47. The largest absolute Gasteiger partial charge is 0.494 e. The number of amides is 1. The zero-order valence-corrected chi connectivity index (χ0v) is 18.3. The summed E-state index contributed by atoms with van der Waals surface area (Å²) in [5.74, 6) is 0.298. The van der Waals surface area contributed by atoms with E-state index in [0.717, 1.165) is 30.6 Å². The average molecular weight is 417 g/mol. The summed E-state index contributed by atoms with van der Waals surface area (Å²) in [6.07, 6.45) is 4.02. The molecule has 0 spiro atoms. The smallest absolute Gasteiger partial charge is 0.338 e. The van der Waals surface area contributed by atoms with E-state index < -0.39 is 12.0 Å². The van der Waals surface area contributed by atoms with Crippen LogP contribution in [-0.2, 0) is 14.3 Å². The molecule has 0 radical (unpaired) electrons. The highest BCUT2D eigenvalue weighted by molar-refractivity contribution is 8.15.